The molecule has 0 saturated carbocycles. The Hall–Kier alpha value is -1.79. The van der Waals surface area contributed by atoms with Crippen molar-refractivity contribution < 1.29 is 19.7 Å². The van der Waals surface area contributed by atoms with E-state index in [-0.39, 0.29) is 24.6 Å². The van der Waals surface area contributed by atoms with Crippen LogP contribution in [-0.4, -0.2) is 52.9 Å². The van der Waals surface area contributed by atoms with Gasteiger partial charge in [-0.25, -0.2) is 0 Å². The third kappa shape index (κ3) is 2.64. The minimum atomic E-state index is -0.913. The van der Waals surface area contributed by atoms with Crippen molar-refractivity contribution in [3.8, 4) is 5.75 Å². The number of hydrogen-bond acceptors (Lipinski definition) is 5. The summed E-state index contributed by atoms with van der Waals surface area (Å²) in [5.74, 6) is 0.0838. The van der Waals surface area contributed by atoms with Crippen LogP contribution >= 0.6 is 0 Å². The Morgan fingerprint density at radius 3 is 2.63 bits per heavy atom. The first-order chi connectivity index (χ1) is 9.04. The van der Waals surface area contributed by atoms with Gasteiger partial charge in [-0.15, -0.1) is 0 Å². The molecule has 6 nitrogen and oxygen atoms in total. The van der Waals surface area contributed by atoms with Crippen LogP contribution in [0, 0.1) is 0 Å². The fourth-order valence-corrected chi connectivity index (χ4v) is 2.15. The molecule has 1 heterocycles. The lowest BCUT2D eigenvalue weighted by Crippen LogP contribution is -2.30. The van der Waals surface area contributed by atoms with Gasteiger partial charge in [-0.05, 0) is 19.1 Å². The first-order valence-electron chi connectivity index (χ1n) is 6.21. The maximum Gasteiger partial charge on any atom is 0.259 e. The van der Waals surface area contributed by atoms with Crippen molar-refractivity contribution in [2.75, 3.05) is 25.4 Å². The van der Waals surface area contributed by atoms with Crippen molar-refractivity contribution in [3.63, 3.8) is 0 Å². The normalized spacial score (nSPS) is 22.6. The fourth-order valence-electron chi connectivity index (χ4n) is 2.15. The first kappa shape index (κ1) is 13.6. The average molecular weight is 266 g/mol. The third-order valence-electron chi connectivity index (χ3n) is 3.12. The molecule has 1 aliphatic rings. The van der Waals surface area contributed by atoms with Crippen LogP contribution < -0.4 is 10.5 Å². The molecule has 1 aromatic carbocycles. The van der Waals surface area contributed by atoms with Crippen LogP contribution in [0.5, 0.6) is 5.75 Å². The summed E-state index contributed by atoms with van der Waals surface area (Å²) in [5.41, 5.74) is 6.45. The largest absolute Gasteiger partial charge is 0.493 e. The number of aliphatic hydroxyl groups is 2. The summed E-state index contributed by atoms with van der Waals surface area (Å²) in [7, 11) is 0. The van der Waals surface area contributed by atoms with Crippen molar-refractivity contribution in [3.05, 3.63) is 23.8 Å². The topological polar surface area (TPSA) is 96.0 Å². The van der Waals surface area contributed by atoms with Gasteiger partial charge < -0.3 is 25.6 Å². The first-order valence-corrected chi connectivity index (χ1v) is 6.21. The van der Waals surface area contributed by atoms with Gasteiger partial charge in [0.2, 0.25) is 0 Å². The van der Waals surface area contributed by atoms with Gasteiger partial charge in [-0.3, -0.25) is 4.79 Å². The lowest BCUT2D eigenvalue weighted by molar-refractivity contribution is 0.0572. The number of anilines is 1. The van der Waals surface area contributed by atoms with Gasteiger partial charge in [0.1, 0.15) is 11.3 Å². The van der Waals surface area contributed by atoms with Crippen LogP contribution in [0.25, 0.3) is 0 Å². The zero-order valence-corrected chi connectivity index (χ0v) is 10.7. The van der Waals surface area contributed by atoms with Gasteiger partial charge in [0, 0.05) is 18.8 Å². The average Bonchev–Trinajstić information content (AvgIpc) is 2.70. The van der Waals surface area contributed by atoms with Crippen LogP contribution in [0.4, 0.5) is 5.69 Å². The molecule has 2 unspecified atom stereocenters. The number of amides is 1. The Labute approximate surface area is 111 Å². The molecule has 2 rings (SSSR count). The Balaban J connectivity index is 2.28. The second-order valence-corrected chi connectivity index (χ2v) is 4.50. The zero-order chi connectivity index (χ0) is 14.0. The molecule has 0 aliphatic carbocycles. The number of β-amino-alcohol motifs (C(OH)–C–C–N with tert-alkyl or cyclic N) is 2. The standard InChI is InChI=1S/C13H18N2O4/c1-2-19-11-5-3-4-8(14)12(11)13(18)15-6-9(16)10(17)7-15/h3-5,9-10,16-17H,2,6-7,14H2,1H3. The summed E-state index contributed by atoms with van der Waals surface area (Å²) in [6.45, 7) is 2.44. The van der Waals surface area contributed by atoms with Crippen molar-refractivity contribution in [2.24, 2.45) is 0 Å². The van der Waals surface area contributed by atoms with Crippen LogP contribution in [0.3, 0.4) is 0 Å². The minimum absolute atomic E-state index is 0.0971. The number of benzene rings is 1. The number of aliphatic hydroxyl groups excluding tert-OH is 2. The molecule has 0 radical (unpaired) electrons. The van der Waals surface area contributed by atoms with E-state index in [1.165, 1.54) is 4.90 Å². The number of hydrogen-bond donors (Lipinski definition) is 3. The number of rotatable bonds is 3. The zero-order valence-electron chi connectivity index (χ0n) is 10.7. The summed E-state index contributed by atoms with van der Waals surface area (Å²) >= 11 is 0. The molecule has 1 saturated heterocycles. The number of carbonyl (C=O) groups is 1. The van der Waals surface area contributed by atoms with E-state index >= 15 is 0 Å². The Kier molecular flexibility index (Phi) is 3.92. The molecule has 4 N–H and O–H groups in total. The van der Waals surface area contributed by atoms with Gasteiger partial charge in [-0.2, -0.15) is 0 Å². The van der Waals surface area contributed by atoms with Gasteiger partial charge in [-0.1, -0.05) is 6.07 Å². The van der Waals surface area contributed by atoms with Crippen molar-refractivity contribution in [2.45, 2.75) is 19.1 Å². The Morgan fingerprint density at radius 1 is 1.42 bits per heavy atom. The highest BCUT2D eigenvalue weighted by Crippen LogP contribution is 2.27. The number of carbonyl (C=O) groups excluding carboxylic acids is 1. The second-order valence-electron chi connectivity index (χ2n) is 4.50. The molecule has 0 bridgehead atoms. The molecule has 2 atom stereocenters. The summed E-state index contributed by atoms with van der Waals surface area (Å²) in [4.78, 5) is 13.8. The van der Waals surface area contributed by atoms with Gasteiger partial charge in [0.25, 0.3) is 5.91 Å². The number of likely N-dealkylation sites (tertiary alicyclic amines) is 1. The monoisotopic (exact) mass is 266 g/mol. The SMILES string of the molecule is CCOc1cccc(N)c1C(=O)N1CC(O)C(O)C1. The van der Waals surface area contributed by atoms with E-state index < -0.39 is 12.2 Å². The van der Waals surface area contributed by atoms with Crippen molar-refractivity contribution in [1.29, 1.82) is 0 Å². The summed E-state index contributed by atoms with van der Waals surface area (Å²) in [5, 5.41) is 19.0. The highest BCUT2D eigenvalue weighted by molar-refractivity contribution is 6.02. The smallest absolute Gasteiger partial charge is 0.259 e. The lowest BCUT2D eigenvalue weighted by Gasteiger charge is -2.19. The number of nitrogen functional groups attached to an aromatic ring is 1. The molecule has 104 valence electrons. The second kappa shape index (κ2) is 5.46. The molecule has 1 aromatic rings. The predicted molar refractivity (Wildman–Crippen MR) is 69.9 cm³/mol. The van der Waals surface area contributed by atoms with E-state index in [2.05, 4.69) is 0 Å². The molecule has 19 heavy (non-hydrogen) atoms. The molecular formula is C13H18N2O4. The van der Waals surface area contributed by atoms with Gasteiger partial charge in [0.15, 0.2) is 0 Å². The fraction of sp³-hybridized carbons (Fsp3) is 0.462. The third-order valence-corrected chi connectivity index (χ3v) is 3.12. The van der Waals surface area contributed by atoms with E-state index in [1.54, 1.807) is 18.2 Å². The number of ether oxygens (including phenoxy) is 1. The van der Waals surface area contributed by atoms with Crippen LogP contribution in [0.1, 0.15) is 17.3 Å². The molecule has 0 aromatic heterocycles. The molecule has 1 amide bonds. The molecular weight excluding hydrogens is 248 g/mol. The Morgan fingerprint density at radius 2 is 2.05 bits per heavy atom. The highest BCUT2D eigenvalue weighted by atomic mass is 16.5. The molecule has 1 fully saturated rings. The van der Waals surface area contributed by atoms with Crippen LogP contribution in [0.15, 0.2) is 18.2 Å². The summed E-state index contributed by atoms with van der Waals surface area (Å²) < 4.78 is 5.40. The number of nitrogens with zero attached hydrogens (tertiary/aromatic N) is 1. The predicted octanol–water partition coefficient (Wildman–Crippen LogP) is -0.155. The number of nitrogens with two attached hydrogens (primary N) is 1. The van der Waals surface area contributed by atoms with Crippen molar-refractivity contribution in [1.82, 2.24) is 4.90 Å². The van der Waals surface area contributed by atoms with E-state index in [0.29, 0.717) is 18.0 Å². The summed E-state index contributed by atoms with van der Waals surface area (Å²) in [6.07, 6.45) is -1.83. The van der Waals surface area contributed by atoms with E-state index in [4.69, 9.17) is 10.5 Å². The molecule has 6 heteroatoms. The van der Waals surface area contributed by atoms with Crippen LogP contribution in [-0.2, 0) is 0 Å². The van der Waals surface area contributed by atoms with Gasteiger partial charge >= 0.3 is 0 Å². The minimum Gasteiger partial charge on any atom is -0.493 e. The molecule has 1 aliphatic heterocycles. The summed E-state index contributed by atoms with van der Waals surface area (Å²) in [6, 6.07) is 5.01. The van der Waals surface area contributed by atoms with E-state index in [1.807, 2.05) is 6.92 Å². The highest BCUT2D eigenvalue weighted by Gasteiger charge is 2.34. The van der Waals surface area contributed by atoms with Crippen LogP contribution in [0.2, 0.25) is 0 Å². The molecule has 0 spiro atoms. The lowest BCUT2D eigenvalue weighted by atomic mass is 10.1. The maximum atomic E-state index is 12.4. The van der Waals surface area contributed by atoms with E-state index in [0.717, 1.165) is 0 Å². The Bertz CT molecular complexity index is 468. The van der Waals surface area contributed by atoms with Crippen molar-refractivity contribution >= 4 is 11.6 Å². The maximum absolute atomic E-state index is 12.4. The van der Waals surface area contributed by atoms with E-state index in [9.17, 15) is 15.0 Å². The quantitative estimate of drug-likeness (QED) is 0.661. The van der Waals surface area contributed by atoms with Gasteiger partial charge in [0.05, 0.1) is 18.8 Å².